The van der Waals surface area contributed by atoms with Crippen LogP contribution < -0.4 is 21.3 Å². The van der Waals surface area contributed by atoms with Gasteiger partial charge in [0.1, 0.15) is 82.4 Å². The Hall–Kier alpha value is -5.80. The van der Waals surface area contributed by atoms with E-state index in [1.165, 1.54) is 0 Å². The second-order valence-electron chi connectivity index (χ2n) is 28.6. The van der Waals surface area contributed by atoms with Crippen LogP contribution in [-0.4, -0.2) is 229 Å². The number of carbonyl (C=O) groups is 8. The highest BCUT2D eigenvalue weighted by Crippen LogP contribution is 2.74. The Morgan fingerprint density at radius 1 is 0.520 bits per heavy atom. The summed E-state index contributed by atoms with van der Waals surface area (Å²) < 4.78 is 161. The van der Waals surface area contributed by atoms with Crippen LogP contribution in [-0.2, 0) is 133 Å². The molecule has 8 bridgehead atoms. The number of hydrogen-bond donors (Lipinski definition) is 4. The quantitative estimate of drug-likeness (QED) is 0.0268. The van der Waals surface area contributed by atoms with Crippen LogP contribution in [0.3, 0.4) is 0 Å². The number of amides is 4. The van der Waals surface area contributed by atoms with Gasteiger partial charge in [0.2, 0.25) is 23.6 Å². The molecule has 12 rings (SSSR count). The van der Waals surface area contributed by atoms with Crippen molar-refractivity contribution in [2.45, 2.75) is 162 Å². The van der Waals surface area contributed by atoms with Gasteiger partial charge in [-0.25, -0.2) is 19.2 Å². The summed E-state index contributed by atoms with van der Waals surface area (Å²) in [5, 5.41) is 8.21. The van der Waals surface area contributed by atoms with Gasteiger partial charge in [-0.1, -0.05) is 54.0 Å². The Bertz CT molecular complexity index is 3740. The number of nitrogens with one attached hydrogen (secondary N) is 4. The zero-order valence-electron chi connectivity index (χ0n) is 57.2. The van der Waals surface area contributed by atoms with Crippen LogP contribution >= 0.6 is 0 Å². The van der Waals surface area contributed by atoms with Gasteiger partial charge in [0, 0.05) is 34.7 Å². The Kier molecular flexibility index (Phi) is 23.3. The van der Waals surface area contributed by atoms with E-state index >= 15 is 0 Å². The molecule has 0 aromatic heterocycles. The molecule has 100 heavy (non-hydrogen) atoms. The summed E-state index contributed by atoms with van der Waals surface area (Å²) in [7, 11) is -14.2. The van der Waals surface area contributed by atoms with Crippen molar-refractivity contribution >= 4 is 88.0 Å². The molecule has 0 radical (unpaired) electrons. The van der Waals surface area contributed by atoms with Crippen molar-refractivity contribution in [3.8, 4) is 0 Å². The number of esters is 4. The topological polar surface area (TPSA) is 432 Å². The van der Waals surface area contributed by atoms with Gasteiger partial charge in [-0.05, 0) is 114 Å². The fourth-order valence-electron chi connectivity index (χ4n) is 17.9. The van der Waals surface area contributed by atoms with Crippen LogP contribution in [0.15, 0.2) is 50.1 Å². The van der Waals surface area contributed by atoms with Crippen LogP contribution in [0.5, 0.6) is 0 Å². The maximum atomic E-state index is 12.4. The number of fused-ring (bicyclic) bond motifs is 4. The summed E-state index contributed by atoms with van der Waals surface area (Å²) >= 11 is 0. The van der Waals surface area contributed by atoms with Crippen LogP contribution in [0.1, 0.15) is 93.9 Å². The molecular weight excluding hydrogens is 1400 g/mol. The molecule has 21 atom stereocenters. The number of carbonyl (C=O) groups excluding carboxylic acids is 8. The smallest absolute Gasteiger partial charge is 0.332 e. The van der Waals surface area contributed by atoms with Crippen molar-refractivity contribution in [1.29, 1.82) is 0 Å². The first-order chi connectivity index (χ1) is 46.7. The molecule has 4 N–H and O–H groups in total. The molecule has 32 nitrogen and oxygen atoms in total. The van der Waals surface area contributed by atoms with Crippen LogP contribution in [0.2, 0.25) is 0 Å². The predicted molar refractivity (Wildman–Crippen MR) is 348 cm³/mol. The van der Waals surface area contributed by atoms with Crippen molar-refractivity contribution in [3.05, 3.63) is 50.1 Å². The monoisotopic (exact) mass is 1490 g/mol. The zero-order chi connectivity index (χ0) is 73.7. The highest BCUT2D eigenvalue weighted by Gasteiger charge is 2.83. The van der Waals surface area contributed by atoms with E-state index in [4.69, 9.17) is 54.6 Å². The molecular formula is C64H92N4O28S4. The fraction of sp³-hybridized carbons (Fsp3) is 0.750. The van der Waals surface area contributed by atoms with Crippen molar-refractivity contribution in [1.82, 2.24) is 21.3 Å². The molecule has 36 heteroatoms. The molecule has 12 fully saturated rings. The molecule has 0 aromatic rings. The number of rotatable bonds is 28. The summed E-state index contributed by atoms with van der Waals surface area (Å²) in [5.74, 6) is -3.62. The first-order valence-corrected chi connectivity index (χ1v) is 39.1. The summed E-state index contributed by atoms with van der Waals surface area (Å²) in [6, 6.07) is 0. The van der Waals surface area contributed by atoms with E-state index in [0.29, 0.717) is 31.3 Å². The number of hydrogen-bond acceptors (Lipinski definition) is 28. The lowest BCUT2D eigenvalue weighted by Crippen LogP contribution is -2.60. The van der Waals surface area contributed by atoms with E-state index in [1.54, 1.807) is 20.8 Å². The minimum absolute atomic E-state index is 0.0129. The van der Waals surface area contributed by atoms with Gasteiger partial charge in [0.25, 0.3) is 40.5 Å². The van der Waals surface area contributed by atoms with E-state index in [1.807, 2.05) is 34.6 Å². The second kappa shape index (κ2) is 29.7. The third-order valence-electron chi connectivity index (χ3n) is 23.0. The average molecular weight is 1490 g/mol. The molecule has 12 aliphatic rings. The normalized spacial score (nSPS) is 38.3. The second-order valence-corrected chi connectivity index (χ2v) is 35.7. The van der Waals surface area contributed by atoms with Crippen molar-refractivity contribution in [2.24, 2.45) is 58.2 Å². The summed E-state index contributed by atoms with van der Waals surface area (Å²) in [5.41, 5.74) is -3.01. The Balaban J connectivity index is 0.000000156. The molecule has 8 aliphatic carbocycles. The molecule has 4 aliphatic heterocycles. The Labute approximate surface area is 582 Å². The molecule has 0 aromatic carbocycles. The first-order valence-electron chi connectivity index (χ1n) is 33.2. The first kappa shape index (κ1) is 78.3. The van der Waals surface area contributed by atoms with E-state index in [-0.39, 0.29) is 162 Å². The van der Waals surface area contributed by atoms with Gasteiger partial charge in [-0.3, -0.25) is 35.9 Å². The molecule has 4 amide bonds. The van der Waals surface area contributed by atoms with E-state index in [2.05, 4.69) is 47.6 Å². The molecule has 4 saturated heterocycles. The van der Waals surface area contributed by atoms with Gasteiger partial charge < -0.3 is 59.2 Å². The standard InChI is InChI=1S/C18H27NO7S.C16H23NO7S.2C15H21NO7S/c1-6-13(20)19-7-8-24-14(21)10-25-18(5)16(3)9-12-15(11(16)2)17(18,4)26-27(12,22)23;1-4-11(18)17-5-6-22-12(19)8-23-14-9-7-10-13(16(9,2)3)15(14)24-25(10,20)21;1-8(2)15(18)16-3-4-21-12(17)7-22-13-9-5-10-11(6-9)24(19,20)23-14(10)13;1-3-12(17)16-4-5-21-13(18)8-22-15(2)9-6-10-11(7-9)24(19,20)23-14(10)15/h6,11-12,15H,1,7-10H2,2-5H3,(H,19,20);4,9-10,13-15H,1,5-8H2,2-3H3,(H,17,18);9-11,13-14H,1,3-7H2,2H3,(H,16,18);3,9-11,14H,1,4-8H2,2H3,(H,16,17). The van der Waals surface area contributed by atoms with Crippen molar-refractivity contribution in [3.63, 3.8) is 0 Å². The third kappa shape index (κ3) is 15.0. The Morgan fingerprint density at radius 3 is 1.52 bits per heavy atom. The lowest BCUT2D eigenvalue weighted by atomic mass is 9.66. The highest BCUT2D eigenvalue weighted by molar-refractivity contribution is 7.88. The maximum absolute atomic E-state index is 12.4. The van der Waals surface area contributed by atoms with Gasteiger partial charge in [-0.2, -0.15) is 33.7 Å². The summed E-state index contributed by atoms with van der Waals surface area (Å²) in [6.07, 6.45) is 4.59. The average Bonchev–Trinajstić information content (AvgIpc) is 1.48. The SMILES string of the molecule is C=C(C)C(=O)NCCOC(=O)COC1C2CC3C1OS(=O)(=O)C3C2.C=CC(=O)NCCOC(=O)COC1(C)C2(C)CC3C(C2C)C1(C)OS3(=O)=O.C=CC(=O)NCCOC(=O)COC1(C)C2CC3C1OS(=O)(=O)C3C2.C=CC(=O)NCCOC(=O)COC1C2OS(=O)(=O)C3CC1C(C)(C)C23. The van der Waals surface area contributed by atoms with Gasteiger partial charge in [0.05, 0.1) is 65.0 Å². The predicted octanol–water partition coefficient (Wildman–Crippen LogP) is 0.249. The van der Waals surface area contributed by atoms with E-state index in [9.17, 15) is 72.0 Å². The van der Waals surface area contributed by atoms with Gasteiger partial charge >= 0.3 is 23.9 Å². The Morgan fingerprint density at radius 2 is 0.990 bits per heavy atom. The maximum Gasteiger partial charge on any atom is 0.332 e. The molecule has 0 spiro atoms. The lowest BCUT2D eigenvalue weighted by Gasteiger charge is -2.48. The van der Waals surface area contributed by atoms with Crippen LogP contribution in [0, 0.1) is 58.2 Å². The number of ether oxygens (including phenoxy) is 8. The molecule has 21 unspecified atom stereocenters. The van der Waals surface area contributed by atoms with E-state index in [0.717, 1.165) is 31.1 Å². The summed E-state index contributed by atoms with van der Waals surface area (Å²) in [6.45, 7) is 28.2. The van der Waals surface area contributed by atoms with Gasteiger partial charge in [-0.15, -0.1) is 0 Å². The fourth-order valence-corrected chi connectivity index (χ4v) is 25.9. The minimum atomic E-state index is -3.64. The van der Waals surface area contributed by atoms with E-state index < -0.39 is 132 Å². The molecule has 8 saturated carbocycles. The highest BCUT2D eigenvalue weighted by atomic mass is 32.2. The van der Waals surface area contributed by atoms with Crippen molar-refractivity contribution in [2.75, 3.05) is 79.0 Å². The van der Waals surface area contributed by atoms with Gasteiger partial charge in [0.15, 0.2) is 0 Å². The molecule has 4 heterocycles. The van der Waals surface area contributed by atoms with Crippen molar-refractivity contribution < 1.29 is 127 Å². The summed E-state index contributed by atoms with van der Waals surface area (Å²) in [4.78, 5) is 91.4. The van der Waals surface area contributed by atoms with Crippen LogP contribution in [0.25, 0.3) is 0 Å². The minimum Gasteiger partial charge on any atom is -0.462 e. The van der Waals surface area contributed by atoms with Crippen LogP contribution in [0.4, 0.5) is 0 Å². The largest absolute Gasteiger partial charge is 0.462 e. The lowest BCUT2D eigenvalue weighted by molar-refractivity contribution is -0.201. The zero-order valence-corrected chi connectivity index (χ0v) is 60.4. The third-order valence-corrected chi connectivity index (χ3v) is 30.0. The molecule has 560 valence electrons.